The number of aromatic nitrogens is 2. The van der Waals surface area contributed by atoms with E-state index >= 15 is 0 Å². The van der Waals surface area contributed by atoms with E-state index < -0.39 is 0 Å². The minimum absolute atomic E-state index is 0.195. The highest BCUT2D eigenvalue weighted by molar-refractivity contribution is 5.74. The molecule has 0 radical (unpaired) electrons. The fraction of sp³-hybridized carbons (Fsp3) is 0.500. The minimum Gasteiger partial charge on any atom is -0.335 e. The molecular formula is C20H26N4O. The Hall–Kier alpha value is -2.14. The van der Waals surface area contributed by atoms with Crippen molar-refractivity contribution in [3.63, 3.8) is 0 Å². The lowest BCUT2D eigenvalue weighted by atomic mass is 9.87. The highest BCUT2D eigenvalue weighted by atomic mass is 16.2. The molecule has 3 heterocycles. The number of carbonyl (C=O) groups excluding carboxylic acids is 1. The molecule has 0 aliphatic carbocycles. The monoisotopic (exact) mass is 338 g/mol. The molecule has 1 aromatic heterocycles. The summed E-state index contributed by atoms with van der Waals surface area (Å²) in [4.78, 5) is 16.9. The Labute approximate surface area is 149 Å². The van der Waals surface area contributed by atoms with Gasteiger partial charge in [0.15, 0.2) is 0 Å². The molecule has 0 saturated carbocycles. The van der Waals surface area contributed by atoms with Crippen LogP contribution in [-0.4, -0.2) is 45.1 Å². The maximum atomic E-state index is 12.3. The van der Waals surface area contributed by atoms with Crippen molar-refractivity contribution in [3.8, 4) is 0 Å². The van der Waals surface area contributed by atoms with Gasteiger partial charge in [-0.1, -0.05) is 24.3 Å². The maximum Gasteiger partial charge on any atom is 0.219 e. The lowest BCUT2D eigenvalue weighted by molar-refractivity contribution is -0.130. The van der Waals surface area contributed by atoms with Crippen molar-refractivity contribution in [2.45, 2.75) is 26.4 Å². The van der Waals surface area contributed by atoms with Crippen LogP contribution in [0.4, 0.5) is 0 Å². The van der Waals surface area contributed by atoms with Gasteiger partial charge >= 0.3 is 0 Å². The predicted molar refractivity (Wildman–Crippen MR) is 96.8 cm³/mol. The van der Waals surface area contributed by atoms with Crippen LogP contribution >= 0.6 is 0 Å². The number of hydrogen-bond donors (Lipinski definition) is 0. The molecule has 5 heteroatoms. The van der Waals surface area contributed by atoms with Crippen molar-refractivity contribution >= 4 is 5.91 Å². The number of benzene rings is 1. The number of fused-ring (bicyclic) bond motifs is 1. The molecule has 0 unspecified atom stereocenters. The average Bonchev–Trinajstić information content (AvgIpc) is 3.23. The second kappa shape index (κ2) is 6.30. The van der Waals surface area contributed by atoms with Gasteiger partial charge in [0.05, 0.1) is 11.7 Å². The zero-order chi connectivity index (χ0) is 17.6. The highest BCUT2D eigenvalue weighted by Crippen LogP contribution is 2.45. The van der Waals surface area contributed by atoms with Crippen LogP contribution in [0.1, 0.15) is 29.8 Å². The smallest absolute Gasteiger partial charge is 0.219 e. The molecule has 2 saturated heterocycles. The molecule has 4 rings (SSSR count). The third kappa shape index (κ3) is 2.86. The van der Waals surface area contributed by atoms with Gasteiger partial charge in [0.25, 0.3) is 0 Å². The molecule has 2 aromatic rings. The van der Waals surface area contributed by atoms with Gasteiger partial charge in [0.2, 0.25) is 5.91 Å². The Bertz CT molecular complexity index is 784. The van der Waals surface area contributed by atoms with Crippen LogP contribution in [0.25, 0.3) is 0 Å². The largest absolute Gasteiger partial charge is 0.335 e. The van der Waals surface area contributed by atoms with Gasteiger partial charge in [-0.05, 0) is 30.0 Å². The van der Waals surface area contributed by atoms with Crippen molar-refractivity contribution in [1.29, 1.82) is 0 Å². The maximum absolute atomic E-state index is 12.3. The fourth-order valence-corrected chi connectivity index (χ4v) is 4.69. The molecule has 0 bridgehead atoms. The molecule has 2 aliphatic heterocycles. The van der Waals surface area contributed by atoms with Gasteiger partial charge in [0, 0.05) is 52.3 Å². The van der Waals surface area contributed by atoms with E-state index in [4.69, 9.17) is 0 Å². The zero-order valence-electron chi connectivity index (χ0n) is 15.2. The molecule has 2 aliphatic rings. The van der Waals surface area contributed by atoms with Gasteiger partial charge in [-0.3, -0.25) is 14.4 Å². The van der Waals surface area contributed by atoms with Gasteiger partial charge in [0.1, 0.15) is 0 Å². The second-order valence-corrected chi connectivity index (χ2v) is 7.54. The van der Waals surface area contributed by atoms with E-state index in [0.29, 0.717) is 11.8 Å². The van der Waals surface area contributed by atoms with Crippen molar-refractivity contribution < 1.29 is 4.79 Å². The standard InChI is InChI=1S/C20H26N4O/c1-14-6-4-5-7-18(14)20-19-13-23(12-17-8-9-21-22(17)3)10-16(19)11-24(20)15(2)25/h4-9,16,19-20H,10-13H2,1-3H3/t16-,19-,20-/m1/s1. The minimum atomic E-state index is 0.195. The number of nitrogens with zero attached hydrogens (tertiary/aromatic N) is 4. The first-order valence-electron chi connectivity index (χ1n) is 9.06. The van der Waals surface area contributed by atoms with E-state index in [9.17, 15) is 4.79 Å². The van der Waals surface area contributed by atoms with Crippen molar-refractivity contribution in [2.75, 3.05) is 19.6 Å². The molecule has 0 spiro atoms. The second-order valence-electron chi connectivity index (χ2n) is 7.54. The van der Waals surface area contributed by atoms with Crippen molar-refractivity contribution in [3.05, 3.63) is 53.3 Å². The first-order valence-corrected chi connectivity index (χ1v) is 9.06. The van der Waals surface area contributed by atoms with Crippen LogP contribution in [0.2, 0.25) is 0 Å². The van der Waals surface area contributed by atoms with E-state index in [-0.39, 0.29) is 11.9 Å². The predicted octanol–water partition coefficient (Wildman–Crippen LogP) is 2.38. The van der Waals surface area contributed by atoms with E-state index in [2.05, 4.69) is 52.2 Å². The van der Waals surface area contributed by atoms with Crippen LogP contribution in [-0.2, 0) is 18.4 Å². The molecule has 132 valence electrons. The lowest BCUT2D eigenvalue weighted by Gasteiger charge is -2.30. The van der Waals surface area contributed by atoms with Gasteiger partial charge in [-0.15, -0.1) is 0 Å². The summed E-state index contributed by atoms with van der Waals surface area (Å²) in [5.74, 6) is 1.26. The number of aryl methyl sites for hydroxylation is 2. The summed E-state index contributed by atoms with van der Waals surface area (Å²) >= 11 is 0. The molecule has 3 atom stereocenters. The number of likely N-dealkylation sites (tertiary alicyclic amines) is 2. The summed E-state index contributed by atoms with van der Waals surface area (Å²) in [5, 5.41) is 4.28. The van der Waals surface area contributed by atoms with Gasteiger partial charge < -0.3 is 4.90 Å². The van der Waals surface area contributed by atoms with Gasteiger partial charge in [-0.25, -0.2) is 0 Å². The zero-order valence-corrected chi connectivity index (χ0v) is 15.2. The summed E-state index contributed by atoms with van der Waals surface area (Å²) in [6.45, 7) is 7.77. The summed E-state index contributed by atoms with van der Waals surface area (Å²) in [7, 11) is 2.00. The molecule has 1 aromatic carbocycles. The van der Waals surface area contributed by atoms with E-state index in [1.165, 1.54) is 16.8 Å². The quantitative estimate of drug-likeness (QED) is 0.863. The number of amides is 1. The molecule has 2 fully saturated rings. The molecule has 5 nitrogen and oxygen atoms in total. The van der Waals surface area contributed by atoms with Crippen molar-refractivity contribution in [2.24, 2.45) is 18.9 Å². The van der Waals surface area contributed by atoms with Crippen LogP contribution < -0.4 is 0 Å². The number of carbonyl (C=O) groups is 1. The van der Waals surface area contributed by atoms with Crippen LogP contribution in [0.5, 0.6) is 0 Å². The van der Waals surface area contributed by atoms with E-state index in [0.717, 1.165) is 26.2 Å². The molecular weight excluding hydrogens is 312 g/mol. The van der Waals surface area contributed by atoms with E-state index in [1.807, 2.05) is 17.9 Å². The van der Waals surface area contributed by atoms with Gasteiger partial charge in [-0.2, -0.15) is 5.10 Å². The Balaban J connectivity index is 1.58. The normalized spacial score (nSPS) is 26.2. The highest BCUT2D eigenvalue weighted by Gasteiger charge is 2.48. The molecule has 1 amide bonds. The fourth-order valence-electron chi connectivity index (χ4n) is 4.69. The first kappa shape index (κ1) is 16.3. The Morgan fingerprint density at radius 1 is 1.20 bits per heavy atom. The Morgan fingerprint density at radius 2 is 2.00 bits per heavy atom. The van der Waals surface area contributed by atoms with Crippen molar-refractivity contribution in [1.82, 2.24) is 19.6 Å². The molecule has 0 N–H and O–H groups in total. The lowest BCUT2D eigenvalue weighted by Crippen LogP contribution is -2.34. The summed E-state index contributed by atoms with van der Waals surface area (Å²) in [6.07, 6.45) is 1.86. The summed E-state index contributed by atoms with van der Waals surface area (Å²) in [6, 6.07) is 10.8. The molecule has 25 heavy (non-hydrogen) atoms. The van der Waals surface area contributed by atoms with E-state index in [1.54, 1.807) is 6.92 Å². The Kier molecular flexibility index (Phi) is 4.12. The number of rotatable bonds is 3. The summed E-state index contributed by atoms with van der Waals surface area (Å²) < 4.78 is 1.95. The number of hydrogen-bond acceptors (Lipinski definition) is 3. The average molecular weight is 338 g/mol. The SMILES string of the molecule is CC(=O)N1C[C@H]2CN(Cc3ccnn3C)C[C@H]2[C@H]1c1ccccc1C. The first-order chi connectivity index (χ1) is 12.0. The topological polar surface area (TPSA) is 41.4 Å². The third-order valence-corrected chi connectivity index (χ3v) is 5.96. The third-order valence-electron chi connectivity index (χ3n) is 5.96. The van der Waals surface area contributed by atoms with Crippen LogP contribution in [0.3, 0.4) is 0 Å². The van der Waals surface area contributed by atoms with Crippen LogP contribution in [0.15, 0.2) is 36.5 Å². The Morgan fingerprint density at radius 3 is 2.68 bits per heavy atom. The summed E-state index contributed by atoms with van der Waals surface area (Å²) in [5.41, 5.74) is 3.84. The van der Waals surface area contributed by atoms with Crippen LogP contribution in [0, 0.1) is 18.8 Å².